The Morgan fingerprint density at radius 1 is 1.14 bits per heavy atom. The molecule has 1 aliphatic rings. The second kappa shape index (κ2) is 2.67. The van der Waals surface area contributed by atoms with Crippen molar-refractivity contribution < 1.29 is 0 Å². The maximum atomic E-state index is 5.82. The first-order valence-corrected chi connectivity index (χ1v) is 9.01. The molecule has 0 aromatic heterocycles. The van der Waals surface area contributed by atoms with Gasteiger partial charge in [-0.15, -0.1) is 0 Å². The Kier molecular flexibility index (Phi) is 2.13. The van der Waals surface area contributed by atoms with Gasteiger partial charge in [0.05, 0.1) is 0 Å². The molecule has 1 heterocycles. The molecule has 0 fully saturated rings. The van der Waals surface area contributed by atoms with Gasteiger partial charge in [-0.2, -0.15) is 0 Å². The van der Waals surface area contributed by atoms with E-state index in [2.05, 4.69) is 8.11 Å². The average Bonchev–Trinajstić information content (AvgIpc) is 1.69. The van der Waals surface area contributed by atoms with Crippen LogP contribution in [-0.2, 0) is 0 Å². The number of rotatable bonds is 0. The van der Waals surface area contributed by atoms with Gasteiger partial charge in [0.2, 0.25) is 0 Å². The molecule has 0 amide bonds. The Morgan fingerprint density at radius 3 is 2.29 bits per heavy atom. The van der Waals surface area contributed by atoms with E-state index in [4.69, 9.17) is 8.92 Å². The van der Waals surface area contributed by atoms with E-state index in [0.29, 0.717) is 0 Å². The van der Waals surface area contributed by atoms with Gasteiger partial charge >= 0.3 is 53.4 Å². The third-order valence-corrected chi connectivity index (χ3v) is 5.34. The van der Waals surface area contributed by atoms with E-state index < -0.39 is 18.2 Å². The molecule has 7 heavy (non-hydrogen) atoms. The second-order valence-electron chi connectivity index (χ2n) is 1.30. The summed E-state index contributed by atoms with van der Waals surface area (Å²) >= 11 is -1.48. The maximum absolute atomic E-state index is 5.82. The minimum absolute atomic E-state index is 1.48. The molecule has 0 aromatic carbocycles. The molecule has 1 aliphatic heterocycles. The van der Waals surface area contributed by atoms with Gasteiger partial charge in [-0.05, 0) is 0 Å². The summed E-state index contributed by atoms with van der Waals surface area (Å²) < 4.78 is 4.26. The monoisotopic (exact) mass is 220 g/mol. The van der Waals surface area contributed by atoms with Crippen molar-refractivity contribution in [3.05, 3.63) is 22.3 Å². The van der Waals surface area contributed by atoms with Crippen LogP contribution in [0.25, 0.3) is 0 Å². The molecular formula is C5H5ClSn. The normalized spacial score (nSPS) is 17.0. The van der Waals surface area contributed by atoms with E-state index >= 15 is 0 Å². The molecule has 0 radical (unpaired) electrons. The summed E-state index contributed by atoms with van der Waals surface area (Å²) in [5, 5.41) is 0. The summed E-state index contributed by atoms with van der Waals surface area (Å²) in [6.07, 6.45) is 6.07. The van der Waals surface area contributed by atoms with E-state index in [1.807, 2.05) is 18.2 Å². The molecule has 2 heteroatoms. The fourth-order valence-corrected chi connectivity index (χ4v) is 3.39. The van der Waals surface area contributed by atoms with E-state index in [-0.39, 0.29) is 0 Å². The van der Waals surface area contributed by atoms with Crippen LogP contribution in [0.5, 0.6) is 0 Å². The standard InChI is InChI=1S/C5H5.ClH.Sn/c1-3-5-4-2;;/h1-5H;1H;/q;;+1/p-1. The van der Waals surface area contributed by atoms with Gasteiger partial charge in [0.15, 0.2) is 0 Å². The molecule has 0 atom stereocenters. The molecule has 1 rings (SSSR count). The van der Waals surface area contributed by atoms with Crippen LogP contribution < -0.4 is 0 Å². The molecule has 0 aromatic rings. The molecule has 36 valence electrons. The van der Waals surface area contributed by atoms with E-state index in [1.54, 1.807) is 0 Å². The Balaban J connectivity index is 2.82. The summed E-state index contributed by atoms with van der Waals surface area (Å²) in [4.78, 5) is 0. The van der Waals surface area contributed by atoms with Crippen molar-refractivity contribution in [2.75, 3.05) is 0 Å². The molecule has 0 spiro atoms. The van der Waals surface area contributed by atoms with Crippen LogP contribution in [-0.4, -0.2) is 22.2 Å². The quantitative estimate of drug-likeness (QED) is 0.538. The zero-order valence-electron chi connectivity index (χ0n) is 3.76. The molecule has 0 aliphatic carbocycles. The zero-order chi connectivity index (χ0) is 5.11. The van der Waals surface area contributed by atoms with Crippen LogP contribution in [0.2, 0.25) is 0 Å². The SMILES string of the molecule is [Cl][Sn]1=[CH]C=CC=[CH]1. The van der Waals surface area contributed by atoms with E-state index in [0.717, 1.165) is 0 Å². The predicted octanol–water partition coefficient (Wildman–Crippen LogP) is 1.27. The average molecular weight is 219 g/mol. The van der Waals surface area contributed by atoms with Crippen molar-refractivity contribution in [2.45, 2.75) is 0 Å². The van der Waals surface area contributed by atoms with Gasteiger partial charge in [-0.25, -0.2) is 0 Å². The van der Waals surface area contributed by atoms with Gasteiger partial charge in [-0.3, -0.25) is 0 Å². The third-order valence-electron chi connectivity index (χ3n) is 0.733. The molecule has 0 nitrogen and oxygen atoms in total. The molecular weight excluding hydrogens is 214 g/mol. The Bertz CT molecular complexity index is 144. The number of hydrogen-bond donors (Lipinski definition) is 0. The van der Waals surface area contributed by atoms with Crippen molar-refractivity contribution in [1.82, 2.24) is 0 Å². The van der Waals surface area contributed by atoms with Crippen LogP contribution in [0.1, 0.15) is 0 Å². The van der Waals surface area contributed by atoms with Gasteiger partial charge in [0.25, 0.3) is 0 Å². The summed E-state index contributed by atoms with van der Waals surface area (Å²) in [5.74, 6) is 0. The number of hydrogen-bond acceptors (Lipinski definition) is 0. The summed E-state index contributed by atoms with van der Waals surface area (Å²) in [7, 11) is 5.82. The van der Waals surface area contributed by atoms with Crippen LogP contribution in [0, 0.1) is 0 Å². The summed E-state index contributed by atoms with van der Waals surface area (Å²) in [6.45, 7) is 0. The Morgan fingerprint density at radius 2 is 2.00 bits per heavy atom. The first-order chi connectivity index (χ1) is 3.39. The van der Waals surface area contributed by atoms with Gasteiger partial charge < -0.3 is 0 Å². The molecule has 0 N–H and O–H groups in total. The van der Waals surface area contributed by atoms with Crippen molar-refractivity contribution in [1.29, 1.82) is 0 Å². The van der Waals surface area contributed by atoms with Crippen LogP contribution in [0.15, 0.2) is 22.3 Å². The number of allylic oxidation sites excluding steroid dienone is 3. The zero-order valence-corrected chi connectivity index (χ0v) is 7.37. The van der Waals surface area contributed by atoms with Crippen molar-refractivity contribution in [2.24, 2.45) is 0 Å². The van der Waals surface area contributed by atoms with Crippen LogP contribution in [0.3, 0.4) is 0 Å². The fraction of sp³-hybridized carbons (Fsp3) is 0. The van der Waals surface area contributed by atoms with Crippen molar-refractivity contribution in [3.8, 4) is 0 Å². The molecule has 0 unspecified atom stereocenters. The molecule has 0 saturated carbocycles. The molecule has 0 saturated heterocycles. The predicted molar refractivity (Wildman–Crippen MR) is 36.0 cm³/mol. The first kappa shape index (κ1) is 5.57. The van der Waals surface area contributed by atoms with E-state index in [9.17, 15) is 0 Å². The summed E-state index contributed by atoms with van der Waals surface area (Å²) in [6, 6.07) is 0. The first-order valence-electron chi connectivity index (χ1n) is 2.10. The fourth-order valence-electron chi connectivity index (χ4n) is 0.415. The summed E-state index contributed by atoms with van der Waals surface area (Å²) in [5.41, 5.74) is 0. The van der Waals surface area contributed by atoms with Gasteiger partial charge in [0.1, 0.15) is 0 Å². The van der Waals surface area contributed by atoms with Gasteiger partial charge in [0, 0.05) is 0 Å². The topological polar surface area (TPSA) is 0 Å². The molecule has 0 bridgehead atoms. The van der Waals surface area contributed by atoms with Crippen LogP contribution in [0.4, 0.5) is 0 Å². The van der Waals surface area contributed by atoms with Crippen LogP contribution >= 0.6 is 8.92 Å². The van der Waals surface area contributed by atoms with Gasteiger partial charge in [-0.1, -0.05) is 0 Å². The Hall–Kier alpha value is 0.439. The van der Waals surface area contributed by atoms with Crippen molar-refractivity contribution >= 4 is 31.1 Å². The van der Waals surface area contributed by atoms with E-state index in [1.165, 1.54) is 0 Å². The number of halogens is 1. The second-order valence-corrected chi connectivity index (χ2v) is 8.32. The van der Waals surface area contributed by atoms with Crippen molar-refractivity contribution in [3.63, 3.8) is 0 Å². The minimum atomic E-state index is -1.48. The Labute approximate surface area is 53.4 Å². The third kappa shape index (κ3) is 1.78.